The summed E-state index contributed by atoms with van der Waals surface area (Å²) in [5.41, 5.74) is 3.51. The van der Waals surface area contributed by atoms with Crippen molar-refractivity contribution < 1.29 is 9.47 Å². The minimum atomic E-state index is 0.789. The molecule has 1 N–H and O–H groups in total. The van der Waals surface area contributed by atoms with E-state index in [-0.39, 0.29) is 0 Å². The van der Waals surface area contributed by atoms with Crippen molar-refractivity contribution >= 4 is 5.69 Å². The van der Waals surface area contributed by atoms with E-state index in [4.69, 9.17) is 9.47 Å². The molecule has 2 aromatic carbocycles. The molecule has 3 nitrogen and oxygen atoms in total. The number of ether oxygens (including phenoxy) is 2. The second-order valence-electron chi connectivity index (χ2n) is 4.38. The Morgan fingerprint density at radius 2 is 1.53 bits per heavy atom. The maximum atomic E-state index is 5.20. The van der Waals surface area contributed by atoms with Gasteiger partial charge in [0.2, 0.25) is 0 Å². The van der Waals surface area contributed by atoms with Crippen LogP contribution in [0.5, 0.6) is 11.5 Å². The highest BCUT2D eigenvalue weighted by molar-refractivity contribution is 5.53. The molecular formula is C16H19NO2. The molecule has 3 heteroatoms. The molecule has 0 aliphatic heterocycles. The van der Waals surface area contributed by atoms with Crippen LogP contribution in [0.4, 0.5) is 5.69 Å². The summed E-state index contributed by atoms with van der Waals surface area (Å²) in [5.74, 6) is 1.76. The highest BCUT2D eigenvalue weighted by atomic mass is 16.5. The topological polar surface area (TPSA) is 30.5 Å². The van der Waals surface area contributed by atoms with Gasteiger partial charge >= 0.3 is 0 Å². The van der Waals surface area contributed by atoms with Gasteiger partial charge in [-0.15, -0.1) is 0 Å². The van der Waals surface area contributed by atoms with Gasteiger partial charge in [-0.2, -0.15) is 0 Å². The molecule has 0 bridgehead atoms. The van der Waals surface area contributed by atoms with Crippen molar-refractivity contribution in [3.8, 4) is 11.5 Å². The van der Waals surface area contributed by atoms with Crippen molar-refractivity contribution in [2.75, 3.05) is 19.5 Å². The molecule has 0 radical (unpaired) electrons. The first-order valence-corrected chi connectivity index (χ1v) is 6.24. The van der Waals surface area contributed by atoms with Gasteiger partial charge in [0.15, 0.2) is 0 Å². The molecule has 0 aromatic heterocycles. The lowest BCUT2D eigenvalue weighted by atomic mass is 10.1. The lowest BCUT2D eigenvalue weighted by Gasteiger charge is -2.11. The fraction of sp³-hybridized carbons (Fsp3) is 0.250. The van der Waals surface area contributed by atoms with Gasteiger partial charge in [-0.25, -0.2) is 0 Å². The van der Waals surface area contributed by atoms with Crippen LogP contribution in [0, 0.1) is 6.92 Å². The molecule has 2 rings (SSSR count). The average Bonchev–Trinajstić information content (AvgIpc) is 2.46. The smallest absolute Gasteiger partial charge is 0.119 e. The molecule has 0 saturated carbocycles. The Hall–Kier alpha value is -2.16. The van der Waals surface area contributed by atoms with Crippen molar-refractivity contribution in [1.82, 2.24) is 0 Å². The first-order valence-electron chi connectivity index (χ1n) is 6.24. The fourth-order valence-corrected chi connectivity index (χ4v) is 1.90. The molecule has 0 spiro atoms. The minimum absolute atomic E-state index is 0.789. The third-order valence-corrected chi connectivity index (χ3v) is 3.08. The van der Waals surface area contributed by atoms with E-state index in [1.807, 2.05) is 30.3 Å². The third kappa shape index (κ3) is 3.41. The predicted molar refractivity (Wildman–Crippen MR) is 78.1 cm³/mol. The summed E-state index contributed by atoms with van der Waals surface area (Å²) in [6.07, 6.45) is 0. The highest BCUT2D eigenvalue weighted by Crippen LogP contribution is 2.21. The number of methoxy groups -OCH3 is 2. The van der Waals surface area contributed by atoms with Crippen molar-refractivity contribution in [2.45, 2.75) is 13.5 Å². The van der Waals surface area contributed by atoms with Gasteiger partial charge in [-0.3, -0.25) is 0 Å². The summed E-state index contributed by atoms with van der Waals surface area (Å²) >= 11 is 0. The van der Waals surface area contributed by atoms with Crippen LogP contribution in [0.1, 0.15) is 11.1 Å². The van der Waals surface area contributed by atoms with Crippen LogP contribution in [-0.2, 0) is 6.54 Å². The van der Waals surface area contributed by atoms with Crippen LogP contribution in [0.2, 0.25) is 0 Å². The predicted octanol–water partition coefficient (Wildman–Crippen LogP) is 3.62. The Morgan fingerprint density at radius 1 is 0.895 bits per heavy atom. The number of hydrogen-bond donors (Lipinski definition) is 1. The summed E-state index contributed by atoms with van der Waals surface area (Å²) in [6, 6.07) is 14.1. The molecule has 0 atom stereocenters. The normalized spacial score (nSPS) is 10.1. The number of hydrogen-bond acceptors (Lipinski definition) is 3. The quantitative estimate of drug-likeness (QED) is 0.887. The second-order valence-corrected chi connectivity index (χ2v) is 4.38. The Bertz CT molecular complexity index is 535. The van der Waals surface area contributed by atoms with Gasteiger partial charge in [0, 0.05) is 12.2 Å². The second kappa shape index (κ2) is 6.14. The molecule has 0 heterocycles. The van der Waals surface area contributed by atoms with E-state index in [0.717, 1.165) is 23.7 Å². The zero-order valence-corrected chi connectivity index (χ0v) is 11.6. The Kier molecular flexibility index (Phi) is 4.29. The van der Waals surface area contributed by atoms with E-state index in [1.165, 1.54) is 11.1 Å². The first kappa shape index (κ1) is 13.3. The number of aryl methyl sites for hydroxylation is 1. The van der Waals surface area contributed by atoms with Gasteiger partial charge in [0.25, 0.3) is 0 Å². The molecule has 2 aromatic rings. The maximum absolute atomic E-state index is 5.20. The zero-order valence-electron chi connectivity index (χ0n) is 11.6. The highest BCUT2D eigenvalue weighted by Gasteiger charge is 2.00. The summed E-state index contributed by atoms with van der Waals surface area (Å²) in [4.78, 5) is 0. The number of nitrogens with one attached hydrogen (secondary N) is 1. The van der Waals surface area contributed by atoms with Gasteiger partial charge in [0.05, 0.1) is 14.2 Å². The molecule has 0 fully saturated rings. The van der Waals surface area contributed by atoms with Crippen LogP contribution < -0.4 is 14.8 Å². The van der Waals surface area contributed by atoms with Crippen LogP contribution in [0.15, 0.2) is 42.5 Å². The summed E-state index contributed by atoms with van der Waals surface area (Å²) in [7, 11) is 3.35. The Labute approximate surface area is 114 Å². The molecule has 0 saturated heterocycles. The minimum Gasteiger partial charge on any atom is -0.497 e. The van der Waals surface area contributed by atoms with E-state index < -0.39 is 0 Å². The van der Waals surface area contributed by atoms with Crippen molar-refractivity contribution in [3.05, 3.63) is 53.6 Å². The summed E-state index contributed by atoms with van der Waals surface area (Å²) in [5, 5.41) is 3.42. The lowest BCUT2D eigenvalue weighted by molar-refractivity contribution is 0.414. The van der Waals surface area contributed by atoms with Crippen LogP contribution in [0.3, 0.4) is 0 Å². The Balaban J connectivity index is 2.01. The molecule has 100 valence electrons. The molecule has 0 amide bonds. The van der Waals surface area contributed by atoms with E-state index in [1.54, 1.807) is 14.2 Å². The van der Waals surface area contributed by atoms with Gasteiger partial charge < -0.3 is 14.8 Å². The van der Waals surface area contributed by atoms with E-state index in [9.17, 15) is 0 Å². The SMILES string of the molecule is COc1ccc(CNc2ccc(OC)cc2C)cc1. The van der Waals surface area contributed by atoms with Crippen molar-refractivity contribution in [2.24, 2.45) is 0 Å². The summed E-state index contributed by atoms with van der Waals surface area (Å²) < 4.78 is 10.3. The lowest BCUT2D eigenvalue weighted by Crippen LogP contribution is -2.01. The first-order chi connectivity index (χ1) is 9.22. The monoisotopic (exact) mass is 257 g/mol. The largest absolute Gasteiger partial charge is 0.497 e. The molecular weight excluding hydrogens is 238 g/mol. The molecule has 19 heavy (non-hydrogen) atoms. The van der Waals surface area contributed by atoms with E-state index in [2.05, 4.69) is 24.4 Å². The molecule has 0 unspecified atom stereocenters. The number of rotatable bonds is 5. The van der Waals surface area contributed by atoms with Crippen LogP contribution in [-0.4, -0.2) is 14.2 Å². The Morgan fingerprint density at radius 3 is 2.11 bits per heavy atom. The zero-order chi connectivity index (χ0) is 13.7. The fourth-order valence-electron chi connectivity index (χ4n) is 1.90. The van der Waals surface area contributed by atoms with Gasteiger partial charge in [0.1, 0.15) is 11.5 Å². The number of anilines is 1. The summed E-state index contributed by atoms with van der Waals surface area (Å²) in [6.45, 7) is 2.86. The van der Waals surface area contributed by atoms with Crippen LogP contribution >= 0.6 is 0 Å². The standard InChI is InChI=1S/C16H19NO2/c1-12-10-15(19-3)8-9-16(12)17-11-13-4-6-14(18-2)7-5-13/h4-10,17H,11H2,1-3H3. The van der Waals surface area contributed by atoms with E-state index in [0.29, 0.717) is 0 Å². The van der Waals surface area contributed by atoms with Gasteiger partial charge in [-0.05, 0) is 48.4 Å². The molecule has 0 aliphatic carbocycles. The van der Waals surface area contributed by atoms with Gasteiger partial charge in [-0.1, -0.05) is 12.1 Å². The molecule has 0 aliphatic rings. The number of benzene rings is 2. The van der Waals surface area contributed by atoms with Crippen LogP contribution in [0.25, 0.3) is 0 Å². The van der Waals surface area contributed by atoms with E-state index >= 15 is 0 Å². The van der Waals surface area contributed by atoms with Crippen molar-refractivity contribution in [1.29, 1.82) is 0 Å². The van der Waals surface area contributed by atoms with Crippen molar-refractivity contribution in [3.63, 3.8) is 0 Å². The average molecular weight is 257 g/mol. The maximum Gasteiger partial charge on any atom is 0.119 e. The third-order valence-electron chi connectivity index (χ3n) is 3.08.